The highest BCUT2D eigenvalue weighted by molar-refractivity contribution is 5.76. The first-order valence-electron chi connectivity index (χ1n) is 9.62. The molecule has 3 rings (SSSR count). The second kappa shape index (κ2) is 8.65. The molecule has 0 unspecified atom stereocenters. The van der Waals surface area contributed by atoms with Crippen LogP contribution in [0.5, 0.6) is 0 Å². The summed E-state index contributed by atoms with van der Waals surface area (Å²) in [5, 5.41) is 3.21. The first kappa shape index (κ1) is 18.2. The molecule has 0 aliphatic carbocycles. The third kappa shape index (κ3) is 5.18. The van der Waals surface area contributed by atoms with Crippen LogP contribution in [0.15, 0.2) is 24.3 Å². The summed E-state index contributed by atoms with van der Waals surface area (Å²) in [6.07, 6.45) is 7.30. The molecule has 2 aliphatic rings. The maximum Gasteiger partial charge on any atom is 0.220 e. The molecule has 2 aliphatic heterocycles. The van der Waals surface area contributed by atoms with Crippen molar-refractivity contribution < 1.29 is 9.18 Å². The minimum atomic E-state index is -0.200. The van der Waals surface area contributed by atoms with E-state index in [0.29, 0.717) is 12.5 Å². The molecule has 25 heavy (non-hydrogen) atoms. The number of likely N-dealkylation sites (tertiary alicyclic amines) is 1. The van der Waals surface area contributed by atoms with Crippen molar-refractivity contribution in [1.29, 1.82) is 0 Å². The van der Waals surface area contributed by atoms with Crippen LogP contribution in [0.3, 0.4) is 0 Å². The van der Waals surface area contributed by atoms with Crippen molar-refractivity contribution in [3.05, 3.63) is 30.1 Å². The molecule has 0 bridgehead atoms. The molecule has 2 saturated heterocycles. The van der Waals surface area contributed by atoms with Gasteiger partial charge in [0, 0.05) is 37.3 Å². The van der Waals surface area contributed by atoms with E-state index < -0.39 is 0 Å². The van der Waals surface area contributed by atoms with Crippen molar-refractivity contribution >= 4 is 11.6 Å². The zero-order valence-electron chi connectivity index (χ0n) is 15.2. The van der Waals surface area contributed by atoms with Crippen molar-refractivity contribution in [3.8, 4) is 0 Å². The van der Waals surface area contributed by atoms with Crippen molar-refractivity contribution in [1.82, 2.24) is 10.2 Å². The summed E-state index contributed by atoms with van der Waals surface area (Å²) in [4.78, 5) is 16.9. The number of piperidine rings is 2. The summed E-state index contributed by atoms with van der Waals surface area (Å²) < 4.78 is 13.0. The average molecular weight is 347 g/mol. The Morgan fingerprint density at radius 3 is 2.52 bits per heavy atom. The number of nitrogens with zero attached hydrogens (tertiary/aromatic N) is 2. The second-order valence-corrected chi connectivity index (χ2v) is 7.47. The van der Waals surface area contributed by atoms with Crippen LogP contribution in [-0.2, 0) is 4.79 Å². The van der Waals surface area contributed by atoms with Crippen molar-refractivity contribution in [2.75, 3.05) is 31.6 Å². The number of hydrogen-bond donors (Lipinski definition) is 1. The minimum absolute atomic E-state index is 0.194. The molecule has 0 aromatic heterocycles. The lowest BCUT2D eigenvalue weighted by molar-refractivity contribution is -0.122. The van der Waals surface area contributed by atoms with Gasteiger partial charge in [-0.3, -0.25) is 4.79 Å². The van der Waals surface area contributed by atoms with E-state index in [0.717, 1.165) is 44.6 Å². The van der Waals surface area contributed by atoms with E-state index in [1.165, 1.54) is 31.4 Å². The van der Waals surface area contributed by atoms with Gasteiger partial charge in [0.1, 0.15) is 5.82 Å². The Morgan fingerprint density at radius 2 is 1.84 bits per heavy atom. The molecule has 2 heterocycles. The monoisotopic (exact) mass is 347 g/mol. The molecule has 0 radical (unpaired) electrons. The first-order chi connectivity index (χ1) is 12.1. The number of benzene rings is 1. The number of halogens is 1. The predicted molar refractivity (Wildman–Crippen MR) is 99.3 cm³/mol. The number of rotatable bonds is 5. The standard InChI is InChI=1S/C20H30FN3O/c1-23-13-3-2-4-18(23)9-10-20(25)22-17-11-14-24(15-12-17)19-7-5-16(21)6-8-19/h5-8,17-18H,2-4,9-15H2,1H3,(H,22,25)/t18-/m1/s1. The Labute approximate surface area is 150 Å². The Balaban J connectivity index is 1.38. The summed E-state index contributed by atoms with van der Waals surface area (Å²) in [7, 11) is 2.17. The van der Waals surface area contributed by atoms with Crippen molar-refractivity contribution in [2.45, 2.75) is 57.0 Å². The van der Waals surface area contributed by atoms with Crippen LogP contribution in [0.2, 0.25) is 0 Å². The summed E-state index contributed by atoms with van der Waals surface area (Å²) >= 11 is 0. The summed E-state index contributed by atoms with van der Waals surface area (Å²) in [6, 6.07) is 7.51. The van der Waals surface area contributed by atoms with E-state index in [9.17, 15) is 9.18 Å². The summed E-state index contributed by atoms with van der Waals surface area (Å²) in [5.74, 6) is -0.00582. The number of hydrogen-bond acceptors (Lipinski definition) is 3. The van der Waals surface area contributed by atoms with Crippen LogP contribution >= 0.6 is 0 Å². The molecular formula is C20H30FN3O. The topological polar surface area (TPSA) is 35.6 Å². The quantitative estimate of drug-likeness (QED) is 0.889. The van der Waals surface area contributed by atoms with Crippen LogP contribution in [0.1, 0.15) is 44.9 Å². The molecule has 1 atom stereocenters. The smallest absolute Gasteiger partial charge is 0.220 e. The van der Waals surface area contributed by atoms with Crippen molar-refractivity contribution in [3.63, 3.8) is 0 Å². The van der Waals surface area contributed by atoms with Gasteiger partial charge in [-0.05, 0) is 70.0 Å². The lowest BCUT2D eigenvalue weighted by Crippen LogP contribution is -2.45. The summed E-state index contributed by atoms with van der Waals surface area (Å²) in [6.45, 7) is 2.97. The van der Waals surface area contributed by atoms with Gasteiger partial charge in [-0.25, -0.2) is 4.39 Å². The highest BCUT2D eigenvalue weighted by Crippen LogP contribution is 2.21. The first-order valence-corrected chi connectivity index (χ1v) is 9.62. The summed E-state index contributed by atoms with van der Waals surface area (Å²) in [5.41, 5.74) is 1.06. The van der Waals surface area contributed by atoms with Crippen LogP contribution < -0.4 is 10.2 Å². The third-order valence-electron chi connectivity index (χ3n) is 5.68. The van der Waals surface area contributed by atoms with Gasteiger partial charge in [0.25, 0.3) is 0 Å². The minimum Gasteiger partial charge on any atom is -0.371 e. The Bertz CT molecular complexity index is 555. The van der Waals surface area contributed by atoms with Gasteiger partial charge in [0.15, 0.2) is 0 Å². The number of carbonyl (C=O) groups is 1. The van der Waals surface area contributed by atoms with E-state index in [4.69, 9.17) is 0 Å². The average Bonchev–Trinajstić information content (AvgIpc) is 2.62. The third-order valence-corrected chi connectivity index (χ3v) is 5.68. The van der Waals surface area contributed by atoms with Gasteiger partial charge in [-0.2, -0.15) is 0 Å². The molecule has 1 aromatic carbocycles. The highest BCUT2D eigenvalue weighted by Gasteiger charge is 2.23. The highest BCUT2D eigenvalue weighted by atomic mass is 19.1. The number of carbonyl (C=O) groups excluding carboxylic acids is 1. The van der Waals surface area contributed by atoms with E-state index >= 15 is 0 Å². The fraction of sp³-hybridized carbons (Fsp3) is 0.650. The molecule has 1 aromatic rings. The van der Waals surface area contributed by atoms with Gasteiger partial charge >= 0.3 is 0 Å². The number of anilines is 1. The van der Waals surface area contributed by atoms with Crippen LogP contribution in [0, 0.1) is 5.82 Å². The lowest BCUT2D eigenvalue weighted by Gasteiger charge is -2.34. The molecule has 4 nitrogen and oxygen atoms in total. The Kier molecular flexibility index (Phi) is 6.29. The van der Waals surface area contributed by atoms with Crippen molar-refractivity contribution in [2.24, 2.45) is 0 Å². The van der Waals surface area contributed by atoms with Gasteiger partial charge in [0.2, 0.25) is 5.91 Å². The fourth-order valence-corrected chi connectivity index (χ4v) is 4.04. The molecule has 1 N–H and O–H groups in total. The Morgan fingerprint density at radius 1 is 1.12 bits per heavy atom. The molecule has 5 heteroatoms. The Hall–Kier alpha value is -1.62. The molecule has 1 amide bonds. The SMILES string of the molecule is CN1CCCC[C@@H]1CCC(=O)NC1CCN(c2ccc(F)cc2)CC1. The van der Waals surface area contributed by atoms with Crippen LogP contribution in [0.4, 0.5) is 10.1 Å². The van der Waals surface area contributed by atoms with Gasteiger partial charge in [-0.15, -0.1) is 0 Å². The maximum atomic E-state index is 13.0. The lowest BCUT2D eigenvalue weighted by atomic mass is 9.98. The van der Waals surface area contributed by atoms with Crippen LogP contribution in [0.25, 0.3) is 0 Å². The molecular weight excluding hydrogens is 317 g/mol. The van der Waals surface area contributed by atoms with Crippen LogP contribution in [-0.4, -0.2) is 49.6 Å². The van der Waals surface area contributed by atoms with E-state index in [2.05, 4.69) is 22.2 Å². The predicted octanol–water partition coefficient (Wildman–Crippen LogP) is 3.18. The number of nitrogens with one attached hydrogen (secondary N) is 1. The molecule has 0 spiro atoms. The van der Waals surface area contributed by atoms with E-state index in [-0.39, 0.29) is 17.8 Å². The van der Waals surface area contributed by atoms with E-state index in [1.807, 2.05) is 12.1 Å². The molecule has 2 fully saturated rings. The molecule has 0 saturated carbocycles. The van der Waals surface area contributed by atoms with Gasteiger partial charge < -0.3 is 15.1 Å². The fourth-order valence-electron chi connectivity index (χ4n) is 4.04. The zero-order chi connectivity index (χ0) is 17.6. The van der Waals surface area contributed by atoms with Gasteiger partial charge in [-0.1, -0.05) is 6.42 Å². The second-order valence-electron chi connectivity index (χ2n) is 7.47. The largest absolute Gasteiger partial charge is 0.371 e. The maximum absolute atomic E-state index is 13.0. The zero-order valence-corrected chi connectivity index (χ0v) is 15.2. The normalized spacial score (nSPS) is 22.8. The number of amides is 1. The van der Waals surface area contributed by atoms with E-state index in [1.54, 1.807) is 0 Å². The van der Waals surface area contributed by atoms with Gasteiger partial charge in [0.05, 0.1) is 0 Å². The molecule has 138 valence electrons.